The van der Waals surface area contributed by atoms with E-state index in [4.69, 9.17) is 10.00 Å². The fourth-order valence-electron chi connectivity index (χ4n) is 2.51. The minimum absolute atomic E-state index is 0.0792. The van der Waals surface area contributed by atoms with Crippen molar-refractivity contribution >= 4 is 12.0 Å². The Hall–Kier alpha value is -1.81. The number of hydrogen-bond acceptors (Lipinski definition) is 5. The molecule has 0 aromatic carbocycles. The van der Waals surface area contributed by atoms with Gasteiger partial charge in [-0.1, -0.05) is 6.42 Å². The number of nitriles is 1. The Morgan fingerprint density at radius 2 is 2.04 bits per heavy atom. The number of carbonyl (C=O) groups is 2. The van der Waals surface area contributed by atoms with Gasteiger partial charge in [0.2, 0.25) is 5.91 Å². The van der Waals surface area contributed by atoms with Gasteiger partial charge in [-0.15, -0.1) is 0 Å². The van der Waals surface area contributed by atoms with E-state index in [0.717, 1.165) is 25.8 Å². The molecule has 1 atom stereocenters. The van der Waals surface area contributed by atoms with Gasteiger partial charge in [-0.05, 0) is 40.2 Å². The molecule has 2 amide bonds. The van der Waals surface area contributed by atoms with Crippen molar-refractivity contribution in [3.8, 4) is 6.07 Å². The van der Waals surface area contributed by atoms with E-state index in [2.05, 4.69) is 15.5 Å². The van der Waals surface area contributed by atoms with Crippen LogP contribution in [0, 0.1) is 11.3 Å². The van der Waals surface area contributed by atoms with Gasteiger partial charge >= 0.3 is 6.09 Å². The SMILES string of the molecule is CC(C)(C)OC(=O)NC[C@@H]1CCCCN1CC(=O)NCCC#N. The van der Waals surface area contributed by atoms with Gasteiger partial charge in [-0.3, -0.25) is 9.69 Å². The molecular formula is C16H28N4O3. The van der Waals surface area contributed by atoms with Crippen molar-refractivity contribution in [3.63, 3.8) is 0 Å². The van der Waals surface area contributed by atoms with Gasteiger partial charge in [0.15, 0.2) is 0 Å². The molecule has 1 heterocycles. The first-order chi connectivity index (χ1) is 10.8. The number of likely N-dealkylation sites (tertiary alicyclic amines) is 1. The number of alkyl carbamates (subject to hydrolysis) is 1. The zero-order valence-electron chi connectivity index (χ0n) is 14.4. The zero-order valence-corrected chi connectivity index (χ0v) is 14.4. The Kier molecular flexibility index (Phi) is 7.83. The molecule has 7 nitrogen and oxygen atoms in total. The molecule has 1 aliphatic rings. The summed E-state index contributed by atoms with van der Waals surface area (Å²) in [5.41, 5.74) is -0.517. The van der Waals surface area contributed by atoms with E-state index in [0.29, 0.717) is 26.1 Å². The lowest BCUT2D eigenvalue weighted by Crippen LogP contribution is -2.50. The number of ether oxygens (including phenoxy) is 1. The van der Waals surface area contributed by atoms with Crippen molar-refractivity contribution in [2.75, 3.05) is 26.2 Å². The van der Waals surface area contributed by atoms with Crippen molar-refractivity contribution in [1.82, 2.24) is 15.5 Å². The van der Waals surface area contributed by atoms with E-state index in [9.17, 15) is 9.59 Å². The summed E-state index contributed by atoms with van der Waals surface area (Å²) in [6.45, 7) is 7.46. The molecule has 2 N–H and O–H groups in total. The maximum atomic E-state index is 11.9. The first kappa shape index (κ1) is 19.2. The number of nitrogens with zero attached hydrogens (tertiary/aromatic N) is 2. The molecule has 1 fully saturated rings. The summed E-state index contributed by atoms with van der Waals surface area (Å²) in [5, 5.41) is 14.0. The van der Waals surface area contributed by atoms with E-state index in [1.807, 2.05) is 26.8 Å². The minimum atomic E-state index is -0.517. The summed E-state index contributed by atoms with van der Waals surface area (Å²) < 4.78 is 5.23. The molecule has 0 aliphatic carbocycles. The number of piperidine rings is 1. The van der Waals surface area contributed by atoms with Crippen LogP contribution in [-0.2, 0) is 9.53 Å². The van der Waals surface area contributed by atoms with Crippen LogP contribution in [0.1, 0.15) is 46.5 Å². The van der Waals surface area contributed by atoms with E-state index in [1.165, 1.54) is 0 Å². The zero-order chi connectivity index (χ0) is 17.3. The average molecular weight is 324 g/mol. The number of amides is 2. The molecule has 130 valence electrons. The molecule has 0 bridgehead atoms. The van der Waals surface area contributed by atoms with E-state index >= 15 is 0 Å². The number of hydrogen-bond donors (Lipinski definition) is 2. The third-order valence-electron chi connectivity index (χ3n) is 3.54. The highest BCUT2D eigenvalue weighted by Crippen LogP contribution is 2.16. The van der Waals surface area contributed by atoms with Gasteiger partial charge < -0.3 is 15.4 Å². The van der Waals surface area contributed by atoms with Gasteiger partial charge in [0, 0.05) is 19.1 Å². The van der Waals surface area contributed by atoms with E-state index < -0.39 is 11.7 Å². The van der Waals surface area contributed by atoms with Crippen molar-refractivity contribution in [2.24, 2.45) is 0 Å². The van der Waals surface area contributed by atoms with Gasteiger partial charge in [-0.25, -0.2) is 4.79 Å². The quantitative estimate of drug-likeness (QED) is 0.720. The molecule has 1 aliphatic heterocycles. The minimum Gasteiger partial charge on any atom is -0.444 e. The summed E-state index contributed by atoms with van der Waals surface area (Å²) in [5.74, 6) is -0.0792. The molecule has 0 aromatic heterocycles. The van der Waals surface area contributed by atoms with Crippen molar-refractivity contribution in [2.45, 2.75) is 58.1 Å². The topological polar surface area (TPSA) is 94.5 Å². The van der Waals surface area contributed by atoms with Crippen LogP contribution in [0.4, 0.5) is 4.79 Å². The number of carbonyl (C=O) groups excluding carboxylic acids is 2. The normalized spacial score (nSPS) is 18.8. The Labute approximate surface area is 138 Å². The lowest BCUT2D eigenvalue weighted by atomic mass is 10.0. The Balaban J connectivity index is 2.40. The summed E-state index contributed by atoms with van der Waals surface area (Å²) in [7, 11) is 0. The molecule has 1 saturated heterocycles. The highest BCUT2D eigenvalue weighted by Gasteiger charge is 2.25. The van der Waals surface area contributed by atoms with Crippen LogP contribution in [0.25, 0.3) is 0 Å². The van der Waals surface area contributed by atoms with Crippen LogP contribution in [0.5, 0.6) is 0 Å². The highest BCUT2D eigenvalue weighted by atomic mass is 16.6. The summed E-state index contributed by atoms with van der Waals surface area (Å²) >= 11 is 0. The van der Waals surface area contributed by atoms with Gasteiger partial charge in [-0.2, -0.15) is 5.26 Å². The van der Waals surface area contributed by atoms with Crippen molar-refractivity contribution < 1.29 is 14.3 Å². The molecule has 0 aromatic rings. The monoisotopic (exact) mass is 324 g/mol. The first-order valence-corrected chi connectivity index (χ1v) is 8.16. The van der Waals surface area contributed by atoms with Gasteiger partial charge in [0.25, 0.3) is 0 Å². The summed E-state index contributed by atoms with van der Waals surface area (Å²) in [4.78, 5) is 25.7. The highest BCUT2D eigenvalue weighted by molar-refractivity contribution is 5.78. The van der Waals surface area contributed by atoms with E-state index in [1.54, 1.807) is 0 Å². The molecule has 0 unspecified atom stereocenters. The second-order valence-corrected chi connectivity index (χ2v) is 6.76. The predicted octanol–water partition coefficient (Wildman–Crippen LogP) is 1.40. The Morgan fingerprint density at radius 1 is 1.30 bits per heavy atom. The predicted molar refractivity (Wildman–Crippen MR) is 86.7 cm³/mol. The fourth-order valence-corrected chi connectivity index (χ4v) is 2.51. The second kappa shape index (κ2) is 9.36. The lowest BCUT2D eigenvalue weighted by molar-refractivity contribution is -0.123. The largest absolute Gasteiger partial charge is 0.444 e. The summed E-state index contributed by atoms with van der Waals surface area (Å²) in [6, 6.07) is 2.13. The molecule has 7 heteroatoms. The fraction of sp³-hybridized carbons (Fsp3) is 0.812. The molecule has 0 saturated carbocycles. The molecule has 23 heavy (non-hydrogen) atoms. The Morgan fingerprint density at radius 3 is 2.70 bits per heavy atom. The Bertz CT molecular complexity index is 440. The molecule has 1 rings (SSSR count). The van der Waals surface area contributed by atoms with Crippen LogP contribution in [0.15, 0.2) is 0 Å². The second-order valence-electron chi connectivity index (χ2n) is 6.76. The average Bonchev–Trinajstić information content (AvgIpc) is 2.45. The van der Waals surface area contributed by atoms with Crippen LogP contribution < -0.4 is 10.6 Å². The van der Waals surface area contributed by atoms with Gasteiger partial charge in [0.1, 0.15) is 5.60 Å². The molecular weight excluding hydrogens is 296 g/mol. The van der Waals surface area contributed by atoms with Crippen LogP contribution in [-0.4, -0.2) is 54.7 Å². The van der Waals surface area contributed by atoms with Gasteiger partial charge in [0.05, 0.1) is 19.0 Å². The standard InChI is InChI=1S/C16H28N4O3/c1-16(2,3)23-15(22)19-11-13-7-4-5-10-20(13)12-14(21)18-9-6-8-17/h13H,4-7,9-12H2,1-3H3,(H,18,21)(H,19,22)/t13-/m0/s1. The van der Waals surface area contributed by atoms with Crippen molar-refractivity contribution in [3.05, 3.63) is 0 Å². The summed E-state index contributed by atoms with van der Waals surface area (Å²) in [6.07, 6.45) is 2.97. The van der Waals surface area contributed by atoms with Crippen LogP contribution >= 0.6 is 0 Å². The van der Waals surface area contributed by atoms with Crippen LogP contribution in [0.3, 0.4) is 0 Å². The molecule has 0 radical (unpaired) electrons. The maximum Gasteiger partial charge on any atom is 0.407 e. The third kappa shape index (κ3) is 8.41. The van der Waals surface area contributed by atoms with Crippen LogP contribution in [0.2, 0.25) is 0 Å². The number of rotatable bonds is 6. The number of nitrogens with one attached hydrogen (secondary N) is 2. The third-order valence-corrected chi connectivity index (χ3v) is 3.54. The lowest BCUT2D eigenvalue weighted by Gasteiger charge is -2.35. The van der Waals surface area contributed by atoms with Crippen molar-refractivity contribution in [1.29, 1.82) is 5.26 Å². The first-order valence-electron chi connectivity index (χ1n) is 8.16. The van der Waals surface area contributed by atoms with E-state index in [-0.39, 0.29) is 11.9 Å². The maximum absolute atomic E-state index is 11.9. The molecule has 0 spiro atoms. The smallest absolute Gasteiger partial charge is 0.407 e.